The number of amides is 2. The zero-order chi connectivity index (χ0) is 15.4. The predicted molar refractivity (Wildman–Crippen MR) is 83.1 cm³/mol. The maximum atomic E-state index is 11.8. The van der Waals surface area contributed by atoms with Gasteiger partial charge in [-0.15, -0.1) is 0 Å². The third kappa shape index (κ3) is 3.82. The molecule has 0 aliphatic carbocycles. The minimum atomic E-state index is -1.00. The van der Waals surface area contributed by atoms with Crippen LogP contribution in [0.15, 0.2) is 29.0 Å². The van der Waals surface area contributed by atoms with Crippen LogP contribution >= 0.6 is 11.3 Å². The summed E-state index contributed by atoms with van der Waals surface area (Å²) in [6.45, 7) is 4.00. The number of carboxylic acid groups (broad SMARTS) is 1. The predicted octanol–water partition coefficient (Wildman–Crippen LogP) is 3.38. The van der Waals surface area contributed by atoms with Crippen molar-refractivity contribution in [3.8, 4) is 0 Å². The Morgan fingerprint density at radius 3 is 2.67 bits per heavy atom. The first kappa shape index (κ1) is 15.1. The van der Waals surface area contributed by atoms with Crippen molar-refractivity contribution in [3.05, 3.63) is 51.2 Å². The number of thiophene rings is 1. The molecule has 0 atom stereocenters. The van der Waals surface area contributed by atoms with Gasteiger partial charge in [0, 0.05) is 12.2 Å². The highest BCUT2D eigenvalue weighted by molar-refractivity contribution is 7.07. The molecule has 21 heavy (non-hydrogen) atoms. The number of carbonyl (C=O) groups is 2. The zero-order valence-electron chi connectivity index (χ0n) is 11.8. The molecule has 0 radical (unpaired) electrons. The fourth-order valence-electron chi connectivity index (χ4n) is 1.90. The summed E-state index contributed by atoms with van der Waals surface area (Å²) in [5.74, 6) is -1.00. The lowest BCUT2D eigenvalue weighted by atomic mass is 10.0. The molecule has 0 aliphatic heterocycles. The molecule has 0 fully saturated rings. The quantitative estimate of drug-likeness (QED) is 0.810. The smallest absolute Gasteiger partial charge is 0.336 e. The molecule has 110 valence electrons. The summed E-state index contributed by atoms with van der Waals surface area (Å²) in [6, 6.07) is 4.80. The van der Waals surface area contributed by atoms with Crippen molar-refractivity contribution < 1.29 is 14.7 Å². The minimum Gasteiger partial charge on any atom is -0.478 e. The van der Waals surface area contributed by atoms with E-state index in [4.69, 9.17) is 5.11 Å². The average Bonchev–Trinajstić information content (AvgIpc) is 2.93. The number of carboxylic acids is 1. The van der Waals surface area contributed by atoms with E-state index >= 15 is 0 Å². The third-order valence-electron chi connectivity index (χ3n) is 3.19. The first-order chi connectivity index (χ1) is 9.97. The number of anilines is 1. The van der Waals surface area contributed by atoms with E-state index in [-0.39, 0.29) is 11.6 Å². The Morgan fingerprint density at radius 1 is 1.29 bits per heavy atom. The highest BCUT2D eigenvalue weighted by Crippen LogP contribution is 2.20. The molecule has 0 saturated heterocycles. The number of aryl methyl sites for hydroxylation is 1. The zero-order valence-corrected chi connectivity index (χ0v) is 12.6. The van der Waals surface area contributed by atoms with E-state index in [1.54, 1.807) is 24.3 Å². The van der Waals surface area contributed by atoms with Crippen molar-refractivity contribution in [2.24, 2.45) is 0 Å². The maximum Gasteiger partial charge on any atom is 0.336 e. The lowest BCUT2D eigenvalue weighted by Gasteiger charge is -2.11. The fourth-order valence-corrected chi connectivity index (χ4v) is 2.57. The van der Waals surface area contributed by atoms with Gasteiger partial charge < -0.3 is 15.7 Å². The number of nitrogens with one attached hydrogen (secondary N) is 2. The third-order valence-corrected chi connectivity index (χ3v) is 3.92. The molecule has 3 N–H and O–H groups in total. The summed E-state index contributed by atoms with van der Waals surface area (Å²) in [5, 5.41) is 18.4. The second-order valence-electron chi connectivity index (χ2n) is 4.71. The first-order valence-corrected chi connectivity index (χ1v) is 7.32. The molecule has 0 unspecified atom stereocenters. The van der Waals surface area contributed by atoms with Gasteiger partial charge in [-0.2, -0.15) is 11.3 Å². The van der Waals surface area contributed by atoms with E-state index in [2.05, 4.69) is 10.6 Å². The molecule has 1 heterocycles. The standard InChI is InChI=1S/C15H16N2O3S/c1-9-5-12(6-13(10(9)2)14(18)19)17-15(20)16-7-11-3-4-21-8-11/h3-6,8H,7H2,1-2H3,(H,18,19)(H2,16,17,20). The fraction of sp³-hybridized carbons (Fsp3) is 0.200. The Morgan fingerprint density at radius 2 is 2.05 bits per heavy atom. The van der Waals surface area contributed by atoms with E-state index in [1.807, 2.05) is 23.8 Å². The average molecular weight is 304 g/mol. The summed E-state index contributed by atoms with van der Waals surface area (Å²) in [6.07, 6.45) is 0. The Labute approximate surface area is 126 Å². The van der Waals surface area contributed by atoms with E-state index in [9.17, 15) is 9.59 Å². The molecule has 0 saturated carbocycles. The largest absolute Gasteiger partial charge is 0.478 e. The van der Waals surface area contributed by atoms with Crippen molar-refractivity contribution in [3.63, 3.8) is 0 Å². The number of hydrogen-bond acceptors (Lipinski definition) is 3. The number of urea groups is 1. The number of benzene rings is 1. The highest BCUT2D eigenvalue weighted by Gasteiger charge is 2.12. The van der Waals surface area contributed by atoms with Gasteiger partial charge in [0.25, 0.3) is 0 Å². The lowest BCUT2D eigenvalue weighted by Crippen LogP contribution is -2.28. The normalized spacial score (nSPS) is 10.2. The Balaban J connectivity index is 2.05. The second kappa shape index (κ2) is 6.41. The molecule has 2 amide bonds. The summed E-state index contributed by atoms with van der Waals surface area (Å²) < 4.78 is 0. The molecular formula is C15H16N2O3S. The van der Waals surface area contributed by atoms with Gasteiger partial charge >= 0.3 is 12.0 Å². The van der Waals surface area contributed by atoms with E-state index in [1.165, 1.54) is 6.07 Å². The van der Waals surface area contributed by atoms with Crippen LogP contribution in [0, 0.1) is 13.8 Å². The molecule has 5 nitrogen and oxygen atoms in total. The van der Waals surface area contributed by atoms with Crippen molar-refractivity contribution in [1.29, 1.82) is 0 Å². The van der Waals surface area contributed by atoms with Crippen LogP contribution in [0.5, 0.6) is 0 Å². The molecule has 1 aromatic heterocycles. The second-order valence-corrected chi connectivity index (χ2v) is 5.49. The maximum absolute atomic E-state index is 11.8. The van der Waals surface area contributed by atoms with Gasteiger partial charge in [0.2, 0.25) is 0 Å². The first-order valence-electron chi connectivity index (χ1n) is 6.38. The van der Waals surface area contributed by atoms with Gasteiger partial charge in [-0.25, -0.2) is 9.59 Å². The topological polar surface area (TPSA) is 78.4 Å². The van der Waals surface area contributed by atoms with Gasteiger partial charge in [-0.1, -0.05) is 0 Å². The van der Waals surface area contributed by atoms with Crippen molar-refractivity contribution in [2.45, 2.75) is 20.4 Å². The summed E-state index contributed by atoms with van der Waals surface area (Å²) in [4.78, 5) is 23.0. The molecule has 6 heteroatoms. The Kier molecular flexibility index (Phi) is 4.59. The Bertz CT molecular complexity index is 666. The molecule has 0 aliphatic rings. The van der Waals surface area contributed by atoms with Crippen molar-refractivity contribution in [1.82, 2.24) is 5.32 Å². The molecule has 2 aromatic rings. The number of rotatable bonds is 4. The van der Waals surface area contributed by atoms with Crippen LogP contribution in [0.1, 0.15) is 27.0 Å². The van der Waals surface area contributed by atoms with Crippen molar-refractivity contribution >= 4 is 29.0 Å². The van der Waals surface area contributed by atoms with Crippen molar-refractivity contribution in [2.75, 3.05) is 5.32 Å². The summed E-state index contributed by atoms with van der Waals surface area (Å²) in [7, 11) is 0. The van der Waals surface area contributed by atoms with Crippen LogP contribution in [0.2, 0.25) is 0 Å². The van der Waals surface area contributed by atoms with E-state index in [0.717, 1.165) is 11.1 Å². The van der Waals surface area contributed by atoms with Gasteiger partial charge in [0.1, 0.15) is 0 Å². The van der Waals surface area contributed by atoms with Crippen LogP contribution in [0.25, 0.3) is 0 Å². The molecule has 0 bridgehead atoms. The van der Waals surface area contributed by atoms with Crippen LogP contribution in [-0.2, 0) is 6.54 Å². The van der Waals surface area contributed by atoms with Gasteiger partial charge in [-0.05, 0) is 59.5 Å². The SMILES string of the molecule is Cc1cc(NC(=O)NCc2ccsc2)cc(C(=O)O)c1C. The minimum absolute atomic E-state index is 0.197. The van der Waals surface area contributed by atoms with Crippen LogP contribution < -0.4 is 10.6 Å². The molecule has 0 spiro atoms. The highest BCUT2D eigenvalue weighted by atomic mass is 32.1. The number of hydrogen-bond donors (Lipinski definition) is 3. The summed E-state index contributed by atoms with van der Waals surface area (Å²) >= 11 is 1.57. The van der Waals surface area contributed by atoms with Crippen LogP contribution in [0.4, 0.5) is 10.5 Å². The monoisotopic (exact) mass is 304 g/mol. The van der Waals surface area contributed by atoms with Crippen LogP contribution in [0.3, 0.4) is 0 Å². The molecule has 1 aromatic carbocycles. The summed E-state index contributed by atoms with van der Waals surface area (Å²) in [5.41, 5.74) is 3.22. The van der Waals surface area contributed by atoms with Crippen LogP contribution in [-0.4, -0.2) is 17.1 Å². The van der Waals surface area contributed by atoms with E-state index < -0.39 is 5.97 Å². The number of aromatic carboxylic acids is 1. The number of carbonyl (C=O) groups excluding carboxylic acids is 1. The molecular weight excluding hydrogens is 288 g/mol. The van der Waals surface area contributed by atoms with Gasteiger partial charge in [0.15, 0.2) is 0 Å². The van der Waals surface area contributed by atoms with Gasteiger partial charge in [0.05, 0.1) is 5.56 Å². The molecule has 2 rings (SSSR count). The Hall–Kier alpha value is -2.34. The van der Waals surface area contributed by atoms with E-state index in [0.29, 0.717) is 17.8 Å². The lowest BCUT2D eigenvalue weighted by molar-refractivity contribution is 0.0696. The van der Waals surface area contributed by atoms with Gasteiger partial charge in [-0.3, -0.25) is 0 Å².